The van der Waals surface area contributed by atoms with E-state index in [0.717, 1.165) is 0 Å². The second-order valence-electron chi connectivity index (χ2n) is 3.77. The van der Waals surface area contributed by atoms with Gasteiger partial charge < -0.3 is 0 Å². The van der Waals surface area contributed by atoms with Crippen LogP contribution in [0, 0.1) is 5.82 Å². The van der Waals surface area contributed by atoms with E-state index in [9.17, 15) is 4.39 Å². The molecule has 4 nitrogen and oxygen atoms in total. The minimum atomic E-state index is -0.334. The standard InChI is InChI=1S/C12H12ClFN4/c13-10-3-2-9(14)6-8(10)7-11(18-15)12-16-4-1-5-17-12/h1-6,11,18H,7,15H2. The Morgan fingerprint density at radius 3 is 2.72 bits per heavy atom. The number of hydrazine groups is 1. The molecule has 0 amide bonds. The fourth-order valence-electron chi connectivity index (χ4n) is 1.63. The SMILES string of the molecule is NNC(Cc1cc(F)ccc1Cl)c1ncccn1. The van der Waals surface area contributed by atoms with Crippen molar-refractivity contribution in [1.29, 1.82) is 0 Å². The zero-order chi connectivity index (χ0) is 13.0. The van der Waals surface area contributed by atoms with Crippen molar-refractivity contribution in [3.05, 3.63) is 58.9 Å². The Morgan fingerprint density at radius 2 is 2.06 bits per heavy atom. The summed E-state index contributed by atoms with van der Waals surface area (Å²) in [6, 6.07) is 5.62. The highest BCUT2D eigenvalue weighted by Gasteiger charge is 2.15. The van der Waals surface area contributed by atoms with Gasteiger partial charge in [0.1, 0.15) is 11.6 Å². The lowest BCUT2D eigenvalue weighted by Gasteiger charge is -2.15. The van der Waals surface area contributed by atoms with Gasteiger partial charge in [-0.1, -0.05) is 11.6 Å². The molecule has 1 atom stereocenters. The summed E-state index contributed by atoms with van der Waals surface area (Å²) in [6.07, 6.45) is 3.66. The van der Waals surface area contributed by atoms with E-state index in [4.69, 9.17) is 17.4 Å². The fraction of sp³-hybridized carbons (Fsp3) is 0.167. The summed E-state index contributed by atoms with van der Waals surface area (Å²) < 4.78 is 13.2. The fourth-order valence-corrected chi connectivity index (χ4v) is 1.83. The zero-order valence-corrected chi connectivity index (χ0v) is 10.2. The highest BCUT2D eigenvalue weighted by atomic mass is 35.5. The lowest BCUT2D eigenvalue weighted by molar-refractivity contribution is 0.520. The second kappa shape index (κ2) is 5.86. The highest BCUT2D eigenvalue weighted by Crippen LogP contribution is 2.22. The van der Waals surface area contributed by atoms with Crippen LogP contribution in [-0.4, -0.2) is 9.97 Å². The molecule has 1 aromatic heterocycles. The third-order valence-corrected chi connectivity index (χ3v) is 2.90. The molecular weight excluding hydrogens is 255 g/mol. The molecule has 0 saturated heterocycles. The van der Waals surface area contributed by atoms with E-state index in [-0.39, 0.29) is 11.9 Å². The van der Waals surface area contributed by atoms with Crippen molar-refractivity contribution in [2.24, 2.45) is 5.84 Å². The quantitative estimate of drug-likeness (QED) is 0.656. The minimum Gasteiger partial charge on any atom is -0.271 e. The number of benzene rings is 1. The van der Waals surface area contributed by atoms with E-state index in [0.29, 0.717) is 22.8 Å². The van der Waals surface area contributed by atoms with E-state index in [1.165, 1.54) is 18.2 Å². The van der Waals surface area contributed by atoms with Crippen LogP contribution in [0.5, 0.6) is 0 Å². The Bertz CT molecular complexity index is 521. The first-order chi connectivity index (χ1) is 8.70. The van der Waals surface area contributed by atoms with Gasteiger partial charge in [0.05, 0.1) is 6.04 Å². The predicted octanol–water partition coefficient (Wildman–Crippen LogP) is 2.02. The zero-order valence-electron chi connectivity index (χ0n) is 9.48. The number of nitrogens with two attached hydrogens (primary N) is 1. The largest absolute Gasteiger partial charge is 0.271 e. The van der Waals surface area contributed by atoms with Gasteiger partial charge in [-0.3, -0.25) is 5.84 Å². The topological polar surface area (TPSA) is 63.8 Å². The average Bonchev–Trinajstić information content (AvgIpc) is 2.41. The van der Waals surface area contributed by atoms with Gasteiger partial charge in [-0.05, 0) is 36.2 Å². The van der Waals surface area contributed by atoms with E-state index in [2.05, 4.69) is 15.4 Å². The van der Waals surface area contributed by atoms with Crippen molar-refractivity contribution in [3.8, 4) is 0 Å². The van der Waals surface area contributed by atoms with Crippen molar-refractivity contribution in [2.75, 3.05) is 0 Å². The molecule has 0 saturated carbocycles. The maximum Gasteiger partial charge on any atom is 0.146 e. The minimum absolute atomic E-state index is 0.314. The summed E-state index contributed by atoms with van der Waals surface area (Å²) >= 11 is 6.01. The smallest absolute Gasteiger partial charge is 0.146 e. The van der Waals surface area contributed by atoms with E-state index in [1.54, 1.807) is 18.5 Å². The van der Waals surface area contributed by atoms with Gasteiger partial charge in [-0.25, -0.2) is 19.8 Å². The van der Waals surface area contributed by atoms with Crippen LogP contribution in [0.1, 0.15) is 17.4 Å². The third-order valence-electron chi connectivity index (χ3n) is 2.53. The first-order valence-electron chi connectivity index (χ1n) is 5.37. The van der Waals surface area contributed by atoms with Crippen molar-refractivity contribution in [2.45, 2.75) is 12.5 Å². The summed E-state index contributed by atoms with van der Waals surface area (Å²) in [6.45, 7) is 0. The van der Waals surface area contributed by atoms with Crippen LogP contribution in [-0.2, 0) is 6.42 Å². The molecular formula is C12H12ClFN4. The third kappa shape index (κ3) is 3.01. The molecule has 0 aliphatic rings. The molecule has 0 aliphatic heterocycles. The monoisotopic (exact) mass is 266 g/mol. The van der Waals surface area contributed by atoms with Gasteiger partial charge in [0.25, 0.3) is 0 Å². The van der Waals surface area contributed by atoms with Crippen LogP contribution < -0.4 is 11.3 Å². The number of nitrogens with one attached hydrogen (secondary N) is 1. The van der Waals surface area contributed by atoms with Gasteiger partial charge in [0.15, 0.2) is 0 Å². The van der Waals surface area contributed by atoms with Gasteiger partial charge >= 0.3 is 0 Å². The molecule has 18 heavy (non-hydrogen) atoms. The van der Waals surface area contributed by atoms with Crippen LogP contribution in [0.15, 0.2) is 36.7 Å². The molecule has 0 bridgehead atoms. The lowest BCUT2D eigenvalue weighted by Crippen LogP contribution is -2.31. The molecule has 3 N–H and O–H groups in total. The van der Waals surface area contributed by atoms with Gasteiger partial charge in [0.2, 0.25) is 0 Å². The first kappa shape index (κ1) is 12.9. The summed E-state index contributed by atoms with van der Waals surface area (Å²) in [7, 11) is 0. The number of hydrogen-bond acceptors (Lipinski definition) is 4. The average molecular weight is 267 g/mol. The van der Waals surface area contributed by atoms with E-state index < -0.39 is 0 Å². The van der Waals surface area contributed by atoms with Crippen LogP contribution >= 0.6 is 11.6 Å². The summed E-state index contributed by atoms with van der Waals surface area (Å²) in [5.41, 5.74) is 3.27. The molecule has 1 unspecified atom stereocenters. The number of hydrogen-bond donors (Lipinski definition) is 2. The lowest BCUT2D eigenvalue weighted by atomic mass is 10.1. The molecule has 2 rings (SSSR count). The van der Waals surface area contributed by atoms with Crippen molar-refractivity contribution < 1.29 is 4.39 Å². The van der Waals surface area contributed by atoms with Crippen LogP contribution in [0.4, 0.5) is 4.39 Å². The Labute approximate surface area is 109 Å². The molecule has 0 radical (unpaired) electrons. The Morgan fingerprint density at radius 1 is 1.33 bits per heavy atom. The van der Waals surface area contributed by atoms with Gasteiger partial charge in [-0.2, -0.15) is 0 Å². The number of nitrogens with zero attached hydrogens (tertiary/aromatic N) is 2. The molecule has 1 heterocycles. The van der Waals surface area contributed by atoms with Crippen molar-refractivity contribution >= 4 is 11.6 Å². The Balaban J connectivity index is 2.23. The van der Waals surface area contributed by atoms with Gasteiger partial charge in [0, 0.05) is 17.4 Å². The molecule has 0 spiro atoms. The van der Waals surface area contributed by atoms with Crippen molar-refractivity contribution in [3.63, 3.8) is 0 Å². The number of rotatable bonds is 4. The number of aromatic nitrogens is 2. The summed E-state index contributed by atoms with van der Waals surface area (Å²) in [4.78, 5) is 8.22. The summed E-state index contributed by atoms with van der Waals surface area (Å²) in [5, 5.41) is 0.493. The molecule has 0 aliphatic carbocycles. The molecule has 0 fully saturated rings. The molecule has 2 aromatic rings. The highest BCUT2D eigenvalue weighted by molar-refractivity contribution is 6.31. The molecule has 94 valence electrons. The molecule has 1 aromatic carbocycles. The van der Waals surface area contributed by atoms with Crippen molar-refractivity contribution in [1.82, 2.24) is 15.4 Å². The van der Waals surface area contributed by atoms with E-state index >= 15 is 0 Å². The predicted molar refractivity (Wildman–Crippen MR) is 67.2 cm³/mol. The maximum absolute atomic E-state index is 13.2. The second-order valence-corrected chi connectivity index (χ2v) is 4.17. The maximum atomic E-state index is 13.2. The van der Waals surface area contributed by atoms with E-state index in [1.807, 2.05) is 0 Å². The normalized spacial score (nSPS) is 12.4. The van der Waals surface area contributed by atoms with Crippen LogP contribution in [0.3, 0.4) is 0 Å². The van der Waals surface area contributed by atoms with Gasteiger partial charge in [-0.15, -0.1) is 0 Å². The van der Waals surface area contributed by atoms with Crippen LogP contribution in [0.2, 0.25) is 5.02 Å². The molecule has 6 heteroatoms. The Hall–Kier alpha value is -1.56. The first-order valence-corrected chi connectivity index (χ1v) is 5.75. The summed E-state index contributed by atoms with van der Waals surface area (Å²) in [5.74, 6) is 5.68. The van der Waals surface area contributed by atoms with Crippen LogP contribution in [0.25, 0.3) is 0 Å². The number of halogens is 2. The Kier molecular flexibility index (Phi) is 4.19.